The molecule has 6 nitrogen and oxygen atoms in total. The van der Waals surface area contributed by atoms with Gasteiger partial charge in [-0.05, 0) is 58.6 Å². The van der Waals surface area contributed by atoms with Crippen LogP contribution in [0.3, 0.4) is 0 Å². The van der Waals surface area contributed by atoms with Gasteiger partial charge in [-0.15, -0.1) is 0 Å². The highest BCUT2D eigenvalue weighted by molar-refractivity contribution is 5.97. The van der Waals surface area contributed by atoms with E-state index in [0.717, 1.165) is 25.3 Å². The molecule has 0 saturated carbocycles. The Morgan fingerprint density at radius 2 is 1.95 bits per heavy atom. The number of likely N-dealkylation sites (tertiary alicyclic amines) is 1. The average Bonchev–Trinajstić information content (AvgIpc) is 3.03. The third-order valence-corrected chi connectivity index (χ3v) is 3.48. The van der Waals surface area contributed by atoms with Gasteiger partial charge in [-0.25, -0.2) is 5.43 Å². The van der Waals surface area contributed by atoms with Crippen LogP contribution in [-0.4, -0.2) is 44.2 Å². The summed E-state index contributed by atoms with van der Waals surface area (Å²) in [7, 11) is 1.74. The molecule has 0 aromatic rings. The molecule has 0 radical (unpaired) electrons. The number of nitrogens with zero attached hydrogens (tertiary/aromatic N) is 2. The van der Waals surface area contributed by atoms with Crippen molar-refractivity contribution < 1.29 is 4.79 Å². The molecule has 6 heteroatoms. The first kappa shape index (κ1) is 18.1. The van der Waals surface area contributed by atoms with Crippen molar-refractivity contribution in [2.75, 3.05) is 26.7 Å². The van der Waals surface area contributed by atoms with E-state index in [1.54, 1.807) is 25.3 Å². The summed E-state index contributed by atoms with van der Waals surface area (Å²) in [5.74, 6) is 0.425. The van der Waals surface area contributed by atoms with Gasteiger partial charge < -0.3 is 10.7 Å². The quantitative estimate of drug-likeness (QED) is 0.274. The molecular weight excluding hydrogens is 278 g/mol. The van der Waals surface area contributed by atoms with Crippen LogP contribution in [0.5, 0.6) is 0 Å². The Bertz CT molecular complexity index is 473. The van der Waals surface area contributed by atoms with Gasteiger partial charge in [0, 0.05) is 19.2 Å². The number of hydrazine groups is 1. The molecule has 0 aromatic heterocycles. The number of carbonyl (C=O) groups excluding carboxylic acids is 1. The monoisotopic (exact) mass is 305 g/mol. The van der Waals surface area contributed by atoms with Gasteiger partial charge in [0.25, 0.3) is 5.91 Å². The Hall–Kier alpha value is -1.92. The normalized spacial score (nSPS) is 17.5. The van der Waals surface area contributed by atoms with Gasteiger partial charge in [0.1, 0.15) is 5.82 Å². The van der Waals surface area contributed by atoms with E-state index in [0.29, 0.717) is 11.4 Å². The third kappa shape index (κ3) is 5.83. The van der Waals surface area contributed by atoms with Gasteiger partial charge in [0.15, 0.2) is 0 Å². The van der Waals surface area contributed by atoms with E-state index >= 15 is 0 Å². The highest BCUT2D eigenvalue weighted by atomic mass is 16.1. The lowest BCUT2D eigenvalue weighted by molar-refractivity contribution is -0.116. The van der Waals surface area contributed by atoms with Crippen LogP contribution in [0.1, 0.15) is 26.7 Å². The van der Waals surface area contributed by atoms with Crippen molar-refractivity contribution >= 4 is 12.6 Å². The zero-order valence-corrected chi connectivity index (χ0v) is 13.8. The maximum absolute atomic E-state index is 12.3. The predicted molar refractivity (Wildman–Crippen MR) is 91.2 cm³/mol. The van der Waals surface area contributed by atoms with Gasteiger partial charge in [0.05, 0.1) is 5.70 Å². The minimum absolute atomic E-state index is 0.180. The summed E-state index contributed by atoms with van der Waals surface area (Å²) in [4.78, 5) is 18.7. The van der Waals surface area contributed by atoms with Crippen LogP contribution >= 0.6 is 0 Å². The molecule has 0 atom stereocenters. The van der Waals surface area contributed by atoms with Crippen molar-refractivity contribution in [2.45, 2.75) is 26.7 Å². The van der Waals surface area contributed by atoms with Crippen LogP contribution in [0, 0.1) is 0 Å². The molecule has 0 bridgehead atoms. The number of amides is 1. The lowest BCUT2D eigenvalue weighted by Crippen LogP contribution is -2.37. The van der Waals surface area contributed by atoms with E-state index in [4.69, 9.17) is 0 Å². The maximum Gasteiger partial charge on any atom is 0.256 e. The Balaban J connectivity index is 2.73. The Kier molecular flexibility index (Phi) is 8.17. The molecule has 1 rings (SSSR count). The SMILES string of the molecule is C=N/C(=C\C(=C/C)C(=O)N/C(=C/C)NNC)CN1CCCC1. The molecule has 1 fully saturated rings. The summed E-state index contributed by atoms with van der Waals surface area (Å²) in [5, 5.41) is 2.80. The largest absolute Gasteiger partial charge is 0.308 e. The zero-order chi connectivity index (χ0) is 16.4. The second-order valence-electron chi connectivity index (χ2n) is 5.05. The van der Waals surface area contributed by atoms with Crippen LogP contribution in [0.15, 0.2) is 40.3 Å². The average molecular weight is 305 g/mol. The number of nitrogens with one attached hydrogen (secondary N) is 3. The van der Waals surface area contributed by atoms with Gasteiger partial charge in [-0.3, -0.25) is 14.7 Å². The number of carbonyl (C=O) groups is 1. The smallest absolute Gasteiger partial charge is 0.256 e. The van der Waals surface area contributed by atoms with E-state index < -0.39 is 0 Å². The van der Waals surface area contributed by atoms with Gasteiger partial charge in [-0.1, -0.05) is 6.08 Å². The van der Waals surface area contributed by atoms with Crippen LogP contribution in [0.25, 0.3) is 0 Å². The molecule has 122 valence electrons. The molecule has 1 aliphatic rings. The van der Waals surface area contributed by atoms with E-state index in [1.807, 2.05) is 13.8 Å². The molecule has 1 saturated heterocycles. The van der Waals surface area contributed by atoms with E-state index in [-0.39, 0.29) is 5.91 Å². The first-order valence-corrected chi connectivity index (χ1v) is 7.61. The van der Waals surface area contributed by atoms with Crippen LogP contribution in [0.4, 0.5) is 0 Å². The van der Waals surface area contributed by atoms with Gasteiger partial charge >= 0.3 is 0 Å². The first-order chi connectivity index (χ1) is 10.6. The lowest BCUT2D eigenvalue weighted by Gasteiger charge is -2.15. The highest BCUT2D eigenvalue weighted by Gasteiger charge is 2.14. The first-order valence-electron chi connectivity index (χ1n) is 7.61. The van der Waals surface area contributed by atoms with Crippen molar-refractivity contribution in [2.24, 2.45) is 4.99 Å². The zero-order valence-electron chi connectivity index (χ0n) is 13.8. The van der Waals surface area contributed by atoms with E-state index in [2.05, 4.69) is 32.8 Å². The second kappa shape index (κ2) is 9.92. The summed E-state index contributed by atoms with van der Waals surface area (Å²) in [5.41, 5.74) is 7.02. The summed E-state index contributed by atoms with van der Waals surface area (Å²) >= 11 is 0. The minimum Gasteiger partial charge on any atom is -0.308 e. The van der Waals surface area contributed by atoms with Crippen LogP contribution < -0.4 is 16.2 Å². The molecule has 3 N–H and O–H groups in total. The fourth-order valence-electron chi connectivity index (χ4n) is 2.28. The summed E-state index contributed by atoms with van der Waals surface area (Å²) in [6.07, 6.45) is 7.80. The highest BCUT2D eigenvalue weighted by Crippen LogP contribution is 2.12. The molecule has 1 aliphatic heterocycles. The van der Waals surface area contributed by atoms with E-state index in [1.165, 1.54) is 12.8 Å². The summed E-state index contributed by atoms with van der Waals surface area (Å²) in [6, 6.07) is 0. The number of aliphatic imine (C=N–C) groups is 1. The number of rotatable bonds is 8. The van der Waals surface area contributed by atoms with Crippen molar-refractivity contribution in [3.8, 4) is 0 Å². The Morgan fingerprint density at radius 1 is 1.27 bits per heavy atom. The van der Waals surface area contributed by atoms with Gasteiger partial charge in [0.2, 0.25) is 0 Å². The molecule has 1 heterocycles. The van der Waals surface area contributed by atoms with Crippen LogP contribution in [-0.2, 0) is 4.79 Å². The standard InChI is InChI=1S/C16H27N5O/c1-5-13(16(22)19-15(6-2)20-18-4)11-14(17-3)12-21-9-7-8-10-21/h5-6,11,18,20H,3,7-10,12H2,1-2,4H3,(H,19,22)/b13-5+,14-11-,15-6-. The molecule has 0 unspecified atom stereocenters. The topological polar surface area (TPSA) is 68.8 Å². The van der Waals surface area contributed by atoms with Crippen molar-refractivity contribution in [1.29, 1.82) is 0 Å². The number of hydrogen-bond donors (Lipinski definition) is 3. The fraction of sp³-hybridized carbons (Fsp3) is 0.500. The lowest BCUT2D eigenvalue weighted by atomic mass is 10.2. The van der Waals surface area contributed by atoms with E-state index in [9.17, 15) is 4.79 Å². The predicted octanol–water partition coefficient (Wildman–Crippen LogP) is 1.31. The molecule has 0 aliphatic carbocycles. The molecule has 1 amide bonds. The molecular formula is C16H27N5O. The van der Waals surface area contributed by atoms with Crippen molar-refractivity contribution in [3.05, 3.63) is 35.3 Å². The second-order valence-corrected chi connectivity index (χ2v) is 5.05. The molecule has 0 aromatic carbocycles. The molecule has 0 spiro atoms. The Labute approximate surface area is 133 Å². The Morgan fingerprint density at radius 3 is 2.45 bits per heavy atom. The summed E-state index contributed by atoms with van der Waals surface area (Å²) in [6.45, 7) is 10.2. The maximum atomic E-state index is 12.3. The summed E-state index contributed by atoms with van der Waals surface area (Å²) < 4.78 is 0. The van der Waals surface area contributed by atoms with Crippen molar-refractivity contribution in [1.82, 2.24) is 21.1 Å². The fourth-order valence-corrected chi connectivity index (χ4v) is 2.28. The van der Waals surface area contributed by atoms with Crippen molar-refractivity contribution in [3.63, 3.8) is 0 Å². The van der Waals surface area contributed by atoms with Gasteiger partial charge in [-0.2, -0.15) is 0 Å². The number of hydrogen-bond acceptors (Lipinski definition) is 5. The minimum atomic E-state index is -0.180. The third-order valence-electron chi connectivity index (χ3n) is 3.48. The molecule has 22 heavy (non-hydrogen) atoms. The van der Waals surface area contributed by atoms with Crippen LogP contribution in [0.2, 0.25) is 0 Å². The number of allylic oxidation sites excluding steroid dienone is 2.